The first-order valence-corrected chi connectivity index (χ1v) is 8.00. The van der Waals surface area contributed by atoms with Crippen molar-refractivity contribution in [3.63, 3.8) is 0 Å². The molecule has 0 bridgehead atoms. The second-order valence-electron chi connectivity index (χ2n) is 5.33. The fourth-order valence-electron chi connectivity index (χ4n) is 2.58. The largest absolute Gasteiger partial charge is 0.392 e. The molecule has 1 heterocycles. The van der Waals surface area contributed by atoms with Gasteiger partial charge in [0.15, 0.2) is 0 Å². The van der Waals surface area contributed by atoms with Crippen molar-refractivity contribution in [1.29, 1.82) is 0 Å². The number of piperazine rings is 1. The number of rotatable bonds is 9. The summed E-state index contributed by atoms with van der Waals surface area (Å²) in [5, 5.41) is 2.91. The van der Waals surface area contributed by atoms with Gasteiger partial charge in [-0.1, -0.05) is 19.1 Å². The van der Waals surface area contributed by atoms with Gasteiger partial charge in [0.1, 0.15) is 0 Å². The number of amides is 1. The summed E-state index contributed by atoms with van der Waals surface area (Å²) in [6.45, 7) is 7.49. The summed E-state index contributed by atoms with van der Waals surface area (Å²) in [6, 6.07) is 0.185. The van der Waals surface area contributed by atoms with Crippen LogP contribution in [0.4, 0.5) is 0 Å². The van der Waals surface area contributed by atoms with Crippen LogP contribution in [-0.4, -0.2) is 79.7 Å². The highest BCUT2D eigenvalue weighted by Crippen LogP contribution is 2.09. The predicted molar refractivity (Wildman–Crippen MR) is 88.4 cm³/mol. The lowest BCUT2D eigenvalue weighted by molar-refractivity contribution is -0.122. The molecule has 0 aromatic heterocycles. The molecule has 0 aromatic rings. The Hall–Kier alpha value is -0.760. The van der Waals surface area contributed by atoms with Crippen LogP contribution in [0, 0.1) is 0 Å². The summed E-state index contributed by atoms with van der Waals surface area (Å²) in [4.78, 5) is 16.9. The zero-order valence-corrected chi connectivity index (χ0v) is 14.0. The number of methoxy groups -OCH3 is 1. The molecule has 7 heteroatoms. The molecule has 6 nitrogen and oxygen atoms in total. The van der Waals surface area contributed by atoms with Gasteiger partial charge in [0, 0.05) is 46.4 Å². The summed E-state index contributed by atoms with van der Waals surface area (Å²) < 4.78 is 4.95. The Kier molecular flexibility index (Phi) is 8.75. The van der Waals surface area contributed by atoms with Crippen molar-refractivity contribution in [1.82, 2.24) is 15.1 Å². The standard InChI is InChI=1S/C14H28N4O2S/c1-3-12(14(15)21)18-8-6-17(7-9-18)11-13(19)16-5-4-10-20-2/h12H,3-11H2,1-2H3,(H2,15,21)(H,16,19). The highest BCUT2D eigenvalue weighted by atomic mass is 32.1. The van der Waals surface area contributed by atoms with E-state index in [1.165, 1.54) is 0 Å². The number of nitrogens with two attached hydrogens (primary N) is 1. The molecule has 21 heavy (non-hydrogen) atoms. The molecule has 3 N–H and O–H groups in total. The first kappa shape index (κ1) is 18.3. The van der Waals surface area contributed by atoms with Crippen molar-refractivity contribution < 1.29 is 9.53 Å². The lowest BCUT2D eigenvalue weighted by Crippen LogP contribution is -2.54. The number of nitrogens with one attached hydrogen (secondary N) is 1. The molecule has 1 atom stereocenters. The Morgan fingerprint density at radius 3 is 2.57 bits per heavy atom. The van der Waals surface area contributed by atoms with E-state index in [2.05, 4.69) is 22.0 Å². The van der Waals surface area contributed by atoms with Gasteiger partial charge < -0.3 is 15.8 Å². The monoisotopic (exact) mass is 316 g/mol. The molecule has 0 aromatic carbocycles. The van der Waals surface area contributed by atoms with Crippen LogP contribution in [0.5, 0.6) is 0 Å². The van der Waals surface area contributed by atoms with E-state index in [4.69, 9.17) is 22.7 Å². The van der Waals surface area contributed by atoms with Gasteiger partial charge in [0.2, 0.25) is 5.91 Å². The second-order valence-corrected chi connectivity index (χ2v) is 5.81. The molecular formula is C14H28N4O2S. The number of carbonyl (C=O) groups excluding carboxylic acids is 1. The lowest BCUT2D eigenvalue weighted by Gasteiger charge is -2.38. The van der Waals surface area contributed by atoms with Gasteiger partial charge in [-0.25, -0.2) is 0 Å². The molecule has 0 spiro atoms. The van der Waals surface area contributed by atoms with Crippen LogP contribution in [0.3, 0.4) is 0 Å². The van der Waals surface area contributed by atoms with E-state index >= 15 is 0 Å². The maximum absolute atomic E-state index is 11.8. The Bertz CT molecular complexity index is 333. The summed E-state index contributed by atoms with van der Waals surface area (Å²) in [6.07, 6.45) is 1.79. The van der Waals surface area contributed by atoms with E-state index in [1.54, 1.807) is 7.11 Å². The predicted octanol–water partition coefficient (Wildman–Crippen LogP) is -0.179. The average molecular weight is 316 g/mol. The van der Waals surface area contributed by atoms with Gasteiger partial charge in [-0.15, -0.1) is 0 Å². The first-order chi connectivity index (χ1) is 10.1. The van der Waals surface area contributed by atoms with Crippen LogP contribution >= 0.6 is 12.2 Å². The summed E-state index contributed by atoms with van der Waals surface area (Å²) in [5.41, 5.74) is 5.77. The molecule has 1 rings (SSSR count). The van der Waals surface area contributed by atoms with Crippen LogP contribution in [0.25, 0.3) is 0 Å². The SMILES string of the molecule is CCC(C(N)=S)N1CCN(CC(=O)NCCCOC)CC1. The second kappa shape index (κ2) is 10.0. The van der Waals surface area contributed by atoms with Gasteiger partial charge in [0.05, 0.1) is 17.6 Å². The van der Waals surface area contributed by atoms with Crippen molar-refractivity contribution in [2.75, 3.05) is 53.0 Å². The van der Waals surface area contributed by atoms with E-state index in [1.807, 2.05) is 0 Å². The minimum atomic E-state index is 0.0842. The van der Waals surface area contributed by atoms with Crippen molar-refractivity contribution in [3.8, 4) is 0 Å². The minimum absolute atomic E-state index is 0.0842. The van der Waals surface area contributed by atoms with Crippen molar-refractivity contribution >= 4 is 23.1 Å². The quantitative estimate of drug-likeness (QED) is 0.454. The average Bonchev–Trinajstić information content (AvgIpc) is 2.46. The number of hydrogen-bond acceptors (Lipinski definition) is 5. The van der Waals surface area contributed by atoms with E-state index in [0.717, 1.165) is 39.0 Å². The molecule has 1 aliphatic rings. The maximum atomic E-state index is 11.8. The molecule has 0 saturated carbocycles. The Balaban J connectivity index is 2.23. The topological polar surface area (TPSA) is 70.8 Å². The van der Waals surface area contributed by atoms with Gasteiger partial charge in [0.25, 0.3) is 0 Å². The van der Waals surface area contributed by atoms with Gasteiger partial charge in [-0.05, 0) is 12.8 Å². The fourth-order valence-corrected chi connectivity index (χ4v) is 2.89. The van der Waals surface area contributed by atoms with Crippen LogP contribution in [-0.2, 0) is 9.53 Å². The van der Waals surface area contributed by atoms with Crippen LogP contribution in [0.2, 0.25) is 0 Å². The first-order valence-electron chi connectivity index (χ1n) is 7.59. The zero-order chi connectivity index (χ0) is 15.7. The Morgan fingerprint density at radius 1 is 1.38 bits per heavy atom. The molecule has 1 unspecified atom stereocenters. The van der Waals surface area contributed by atoms with Crippen molar-refractivity contribution in [2.24, 2.45) is 5.73 Å². The molecule has 0 radical (unpaired) electrons. The molecule has 1 saturated heterocycles. The lowest BCUT2D eigenvalue weighted by atomic mass is 10.1. The van der Waals surface area contributed by atoms with Crippen LogP contribution in [0.15, 0.2) is 0 Å². The number of ether oxygens (including phenoxy) is 1. The smallest absolute Gasteiger partial charge is 0.234 e. The third kappa shape index (κ3) is 6.69. The van der Waals surface area contributed by atoms with E-state index < -0.39 is 0 Å². The molecule has 122 valence electrons. The third-order valence-corrected chi connectivity index (χ3v) is 4.05. The number of nitrogens with zero attached hydrogens (tertiary/aromatic N) is 2. The Labute approximate surface area is 133 Å². The van der Waals surface area contributed by atoms with E-state index in [9.17, 15) is 4.79 Å². The number of thiocarbonyl (C=S) groups is 1. The zero-order valence-electron chi connectivity index (χ0n) is 13.1. The maximum Gasteiger partial charge on any atom is 0.234 e. The van der Waals surface area contributed by atoms with E-state index in [0.29, 0.717) is 24.7 Å². The number of carbonyl (C=O) groups is 1. The van der Waals surface area contributed by atoms with Crippen molar-refractivity contribution in [3.05, 3.63) is 0 Å². The van der Waals surface area contributed by atoms with Crippen LogP contribution in [0.1, 0.15) is 19.8 Å². The van der Waals surface area contributed by atoms with Gasteiger partial charge >= 0.3 is 0 Å². The van der Waals surface area contributed by atoms with Crippen molar-refractivity contribution in [2.45, 2.75) is 25.8 Å². The molecular weight excluding hydrogens is 288 g/mol. The number of hydrogen-bond donors (Lipinski definition) is 2. The molecule has 1 fully saturated rings. The summed E-state index contributed by atoms with van der Waals surface area (Å²) >= 11 is 5.11. The fraction of sp³-hybridized carbons (Fsp3) is 0.857. The van der Waals surface area contributed by atoms with Gasteiger partial charge in [-0.2, -0.15) is 0 Å². The third-order valence-electron chi connectivity index (χ3n) is 3.78. The summed E-state index contributed by atoms with van der Waals surface area (Å²) in [7, 11) is 1.66. The van der Waals surface area contributed by atoms with Crippen LogP contribution < -0.4 is 11.1 Å². The summed E-state index contributed by atoms with van der Waals surface area (Å²) in [5.74, 6) is 0.0842. The molecule has 1 amide bonds. The Morgan fingerprint density at radius 2 is 2.05 bits per heavy atom. The molecule has 0 aliphatic carbocycles. The molecule has 1 aliphatic heterocycles. The van der Waals surface area contributed by atoms with Gasteiger partial charge in [-0.3, -0.25) is 14.6 Å². The highest BCUT2D eigenvalue weighted by molar-refractivity contribution is 7.80. The van der Waals surface area contributed by atoms with E-state index in [-0.39, 0.29) is 11.9 Å². The normalized spacial score (nSPS) is 18.4. The highest BCUT2D eigenvalue weighted by Gasteiger charge is 2.25. The minimum Gasteiger partial charge on any atom is -0.392 e.